The van der Waals surface area contributed by atoms with Gasteiger partial charge in [0.1, 0.15) is 0 Å². The molecule has 1 heterocycles. The quantitative estimate of drug-likeness (QED) is 0.782. The minimum absolute atomic E-state index is 0.108. The molecule has 0 radical (unpaired) electrons. The van der Waals surface area contributed by atoms with Crippen LogP contribution in [0, 0.1) is 0 Å². The van der Waals surface area contributed by atoms with Crippen LogP contribution < -0.4 is 5.32 Å². The zero-order chi connectivity index (χ0) is 14.9. The van der Waals surface area contributed by atoms with E-state index < -0.39 is 0 Å². The van der Waals surface area contributed by atoms with Gasteiger partial charge >= 0.3 is 0 Å². The second-order valence-electron chi connectivity index (χ2n) is 5.27. The van der Waals surface area contributed by atoms with Gasteiger partial charge in [-0.1, -0.05) is 43.7 Å². The molecule has 0 bridgehead atoms. The lowest BCUT2D eigenvalue weighted by atomic mass is 10.1. The first kappa shape index (κ1) is 15.7. The normalized spacial score (nSPS) is 12.3. The second kappa shape index (κ2) is 8.55. The number of aliphatic hydroxyl groups excluding tert-OH is 1. The van der Waals surface area contributed by atoms with Gasteiger partial charge < -0.3 is 10.4 Å². The molecule has 2 N–H and O–H groups in total. The van der Waals surface area contributed by atoms with Crippen LogP contribution in [-0.2, 0) is 13.0 Å². The molecule has 0 aliphatic carbocycles. The molecule has 2 aromatic rings. The van der Waals surface area contributed by atoms with Gasteiger partial charge in [-0.15, -0.1) is 0 Å². The van der Waals surface area contributed by atoms with Crippen LogP contribution in [0.3, 0.4) is 0 Å². The molecule has 0 saturated carbocycles. The first-order chi connectivity index (χ1) is 10.3. The lowest BCUT2D eigenvalue weighted by molar-refractivity contribution is 0.282. The first-order valence-corrected chi connectivity index (χ1v) is 7.66. The van der Waals surface area contributed by atoms with Crippen molar-refractivity contribution in [1.29, 1.82) is 0 Å². The highest BCUT2D eigenvalue weighted by atomic mass is 16.3. The van der Waals surface area contributed by atoms with Crippen molar-refractivity contribution >= 4 is 0 Å². The predicted octanol–water partition coefficient (Wildman–Crippen LogP) is 3.25. The van der Waals surface area contributed by atoms with Gasteiger partial charge in [0, 0.05) is 12.2 Å². The molecular weight excluding hydrogens is 260 g/mol. The summed E-state index contributed by atoms with van der Waals surface area (Å²) in [5.41, 5.74) is 3.37. The summed E-state index contributed by atoms with van der Waals surface area (Å²) in [6, 6.07) is 14.5. The smallest absolute Gasteiger partial charge is 0.0681 e. The van der Waals surface area contributed by atoms with Crippen LogP contribution in [0.5, 0.6) is 0 Å². The fraction of sp³-hybridized carbons (Fsp3) is 0.389. The average Bonchev–Trinajstić information content (AvgIpc) is 2.55. The van der Waals surface area contributed by atoms with Gasteiger partial charge in [-0.3, -0.25) is 4.98 Å². The van der Waals surface area contributed by atoms with Gasteiger partial charge in [0.05, 0.1) is 12.3 Å². The Hall–Kier alpha value is -1.71. The molecule has 0 fully saturated rings. The maximum atomic E-state index is 9.04. The lowest BCUT2D eigenvalue weighted by Crippen LogP contribution is -2.24. The summed E-state index contributed by atoms with van der Waals surface area (Å²) in [7, 11) is 0. The maximum absolute atomic E-state index is 9.04. The summed E-state index contributed by atoms with van der Waals surface area (Å²) in [5.74, 6) is 0. The molecule has 1 atom stereocenters. The highest BCUT2D eigenvalue weighted by Crippen LogP contribution is 2.15. The zero-order valence-electron chi connectivity index (χ0n) is 12.6. The van der Waals surface area contributed by atoms with E-state index in [0.717, 1.165) is 37.1 Å². The van der Waals surface area contributed by atoms with Crippen LogP contribution in [0.15, 0.2) is 48.7 Å². The van der Waals surface area contributed by atoms with E-state index in [9.17, 15) is 0 Å². The summed E-state index contributed by atoms with van der Waals surface area (Å²) >= 11 is 0. The van der Waals surface area contributed by atoms with Gasteiger partial charge in [-0.05, 0) is 42.6 Å². The Labute approximate surface area is 127 Å². The predicted molar refractivity (Wildman–Crippen MR) is 86.0 cm³/mol. The average molecular weight is 284 g/mol. The van der Waals surface area contributed by atoms with E-state index in [-0.39, 0.29) is 6.61 Å². The summed E-state index contributed by atoms with van der Waals surface area (Å²) in [6.07, 6.45) is 5.08. The SMILES string of the molecule is CCCC(NCCc1ccc(CO)cc1)c1ccccn1. The van der Waals surface area contributed by atoms with E-state index in [1.165, 1.54) is 5.56 Å². The van der Waals surface area contributed by atoms with Crippen LogP contribution in [-0.4, -0.2) is 16.6 Å². The number of benzene rings is 1. The summed E-state index contributed by atoms with van der Waals surface area (Å²) in [6.45, 7) is 3.24. The number of hydrogen-bond acceptors (Lipinski definition) is 3. The molecule has 0 spiro atoms. The molecule has 3 nitrogen and oxygen atoms in total. The molecule has 1 aromatic heterocycles. The Morgan fingerprint density at radius 2 is 1.86 bits per heavy atom. The third kappa shape index (κ3) is 4.96. The highest BCUT2D eigenvalue weighted by molar-refractivity contribution is 5.22. The Kier molecular flexibility index (Phi) is 6.38. The van der Waals surface area contributed by atoms with Crippen LogP contribution in [0.25, 0.3) is 0 Å². The van der Waals surface area contributed by atoms with Gasteiger partial charge in [0.25, 0.3) is 0 Å². The zero-order valence-corrected chi connectivity index (χ0v) is 12.6. The topological polar surface area (TPSA) is 45.1 Å². The molecule has 112 valence electrons. The number of aromatic nitrogens is 1. The Bertz CT molecular complexity index is 511. The monoisotopic (exact) mass is 284 g/mol. The van der Waals surface area contributed by atoms with Crippen molar-refractivity contribution < 1.29 is 5.11 Å². The van der Waals surface area contributed by atoms with Gasteiger partial charge in [0.2, 0.25) is 0 Å². The number of aliphatic hydroxyl groups is 1. The standard InChI is InChI=1S/C18H24N2O/c1-2-5-17(18-6-3-4-12-19-18)20-13-11-15-7-9-16(14-21)10-8-15/h3-4,6-10,12,17,20-21H,2,5,11,13-14H2,1H3. The number of nitrogens with zero attached hydrogens (tertiary/aromatic N) is 1. The molecule has 0 aliphatic rings. The maximum Gasteiger partial charge on any atom is 0.0681 e. The van der Waals surface area contributed by atoms with Crippen LogP contribution in [0.2, 0.25) is 0 Å². The summed E-state index contributed by atoms with van der Waals surface area (Å²) in [4.78, 5) is 4.46. The van der Waals surface area contributed by atoms with E-state index in [1.807, 2.05) is 30.5 Å². The van der Waals surface area contributed by atoms with Crippen molar-refractivity contribution in [1.82, 2.24) is 10.3 Å². The van der Waals surface area contributed by atoms with Gasteiger partial charge in [-0.2, -0.15) is 0 Å². The molecule has 1 aromatic carbocycles. The van der Waals surface area contributed by atoms with E-state index in [2.05, 4.69) is 35.4 Å². The molecule has 0 aliphatic heterocycles. The largest absolute Gasteiger partial charge is 0.392 e. The molecule has 3 heteroatoms. The Morgan fingerprint density at radius 3 is 2.48 bits per heavy atom. The van der Waals surface area contributed by atoms with E-state index in [4.69, 9.17) is 5.11 Å². The van der Waals surface area contributed by atoms with E-state index in [1.54, 1.807) is 0 Å². The summed E-state index contributed by atoms with van der Waals surface area (Å²) < 4.78 is 0. The van der Waals surface area contributed by atoms with Crippen LogP contribution in [0.1, 0.15) is 42.6 Å². The molecule has 21 heavy (non-hydrogen) atoms. The van der Waals surface area contributed by atoms with Crippen molar-refractivity contribution in [3.05, 3.63) is 65.5 Å². The molecular formula is C18H24N2O. The fourth-order valence-electron chi connectivity index (χ4n) is 2.43. The van der Waals surface area contributed by atoms with Crippen molar-refractivity contribution in [2.75, 3.05) is 6.54 Å². The number of pyridine rings is 1. The van der Waals surface area contributed by atoms with Crippen molar-refractivity contribution in [2.45, 2.75) is 38.8 Å². The minimum atomic E-state index is 0.108. The fourth-order valence-corrected chi connectivity index (χ4v) is 2.43. The Morgan fingerprint density at radius 1 is 1.10 bits per heavy atom. The highest BCUT2D eigenvalue weighted by Gasteiger charge is 2.10. The number of rotatable bonds is 8. The first-order valence-electron chi connectivity index (χ1n) is 7.66. The Balaban J connectivity index is 1.87. The van der Waals surface area contributed by atoms with Gasteiger partial charge in [0.15, 0.2) is 0 Å². The lowest BCUT2D eigenvalue weighted by Gasteiger charge is -2.17. The van der Waals surface area contributed by atoms with Crippen molar-refractivity contribution in [2.24, 2.45) is 0 Å². The minimum Gasteiger partial charge on any atom is -0.392 e. The van der Waals surface area contributed by atoms with Crippen molar-refractivity contribution in [3.63, 3.8) is 0 Å². The number of hydrogen-bond donors (Lipinski definition) is 2. The molecule has 0 amide bonds. The third-order valence-electron chi connectivity index (χ3n) is 3.63. The van der Waals surface area contributed by atoms with Gasteiger partial charge in [-0.25, -0.2) is 0 Å². The molecule has 2 rings (SSSR count). The van der Waals surface area contributed by atoms with Crippen LogP contribution >= 0.6 is 0 Å². The molecule has 0 saturated heterocycles. The molecule has 1 unspecified atom stereocenters. The third-order valence-corrected chi connectivity index (χ3v) is 3.63. The van der Waals surface area contributed by atoms with E-state index in [0.29, 0.717) is 6.04 Å². The summed E-state index contributed by atoms with van der Waals surface area (Å²) in [5, 5.41) is 12.6. The van der Waals surface area contributed by atoms with Crippen molar-refractivity contribution in [3.8, 4) is 0 Å². The van der Waals surface area contributed by atoms with Crippen LogP contribution in [0.4, 0.5) is 0 Å². The number of nitrogens with one attached hydrogen (secondary N) is 1. The van der Waals surface area contributed by atoms with E-state index >= 15 is 0 Å². The second-order valence-corrected chi connectivity index (χ2v) is 5.27.